The highest BCUT2D eigenvalue weighted by atomic mass is 35.5. The molecule has 2 amide bonds. The molecule has 0 saturated carbocycles. The molecule has 2 aromatic carbocycles. The maximum absolute atomic E-state index is 13.0. The highest BCUT2D eigenvalue weighted by Gasteiger charge is 2.34. The summed E-state index contributed by atoms with van der Waals surface area (Å²) in [5.41, 5.74) is -0.463. The molecule has 0 aliphatic carbocycles. The van der Waals surface area contributed by atoms with E-state index in [1.165, 1.54) is 6.07 Å². The minimum atomic E-state index is -4.62. The number of rotatable bonds is 4. The lowest BCUT2D eigenvalue weighted by atomic mass is 10.1. The van der Waals surface area contributed by atoms with Gasteiger partial charge < -0.3 is 20.1 Å². The highest BCUT2D eigenvalue weighted by molar-refractivity contribution is 6.30. The third kappa shape index (κ3) is 4.32. The average molecular weight is 387 g/mol. The van der Waals surface area contributed by atoms with Gasteiger partial charge in [0.25, 0.3) is 0 Å². The summed E-state index contributed by atoms with van der Waals surface area (Å²) in [6, 6.07) is 7.81. The van der Waals surface area contributed by atoms with E-state index >= 15 is 0 Å². The van der Waals surface area contributed by atoms with Crippen LogP contribution in [0.2, 0.25) is 5.02 Å². The van der Waals surface area contributed by atoms with Gasteiger partial charge in [0.1, 0.15) is 0 Å². The topological polar surface area (TPSA) is 59.6 Å². The fourth-order valence-electron chi connectivity index (χ4n) is 2.44. The molecule has 0 atom stereocenters. The van der Waals surface area contributed by atoms with E-state index in [4.69, 9.17) is 21.1 Å². The van der Waals surface area contributed by atoms with E-state index in [-0.39, 0.29) is 24.0 Å². The number of nitrogens with one attached hydrogen (secondary N) is 2. The zero-order valence-corrected chi connectivity index (χ0v) is 14.1. The monoisotopic (exact) mass is 386 g/mol. The second-order valence-corrected chi connectivity index (χ2v) is 5.94. The molecule has 9 heteroatoms. The van der Waals surface area contributed by atoms with Gasteiger partial charge in [-0.25, -0.2) is 4.79 Å². The summed E-state index contributed by atoms with van der Waals surface area (Å²) >= 11 is 5.60. The van der Waals surface area contributed by atoms with Crippen LogP contribution in [0.15, 0.2) is 36.4 Å². The first-order valence-corrected chi connectivity index (χ1v) is 8.01. The second-order valence-electron chi connectivity index (χ2n) is 5.51. The third-order valence-corrected chi connectivity index (χ3v) is 3.91. The van der Waals surface area contributed by atoms with Gasteiger partial charge in [-0.1, -0.05) is 17.7 Å². The lowest BCUT2D eigenvalue weighted by Crippen LogP contribution is -2.31. The van der Waals surface area contributed by atoms with Crippen LogP contribution >= 0.6 is 11.6 Å². The minimum Gasteiger partial charge on any atom is -0.454 e. The molecule has 1 aliphatic rings. The Bertz CT molecular complexity index is 827. The molecule has 0 spiro atoms. The quantitative estimate of drug-likeness (QED) is 0.816. The van der Waals surface area contributed by atoms with Crippen LogP contribution in [0, 0.1) is 0 Å². The van der Waals surface area contributed by atoms with E-state index in [0.717, 1.165) is 17.7 Å². The second kappa shape index (κ2) is 7.33. The van der Waals surface area contributed by atoms with Crippen LogP contribution in [0.5, 0.6) is 11.5 Å². The van der Waals surface area contributed by atoms with Gasteiger partial charge in [-0.2, -0.15) is 13.2 Å². The van der Waals surface area contributed by atoms with Crippen LogP contribution in [0.25, 0.3) is 0 Å². The van der Waals surface area contributed by atoms with Crippen LogP contribution in [-0.2, 0) is 12.6 Å². The number of hydrogen-bond donors (Lipinski definition) is 2. The number of urea groups is 1. The number of carbonyl (C=O) groups is 1. The Morgan fingerprint density at radius 2 is 1.88 bits per heavy atom. The van der Waals surface area contributed by atoms with Crippen molar-refractivity contribution in [3.63, 3.8) is 0 Å². The van der Waals surface area contributed by atoms with Crippen molar-refractivity contribution in [2.45, 2.75) is 12.6 Å². The van der Waals surface area contributed by atoms with E-state index in [0.29, 0.717) is 17.9 Å². The maximum atomic E-state index is 13.0. The van der Waals surface area contributed by atoms with E-state index in [9.17, 15) is 18.0 Å². The number of halogens is 4. The normalized spacial score (nSPS) is 12.8. The minimum absolute atomic E-state index is 0.0638. The predicted molar refractivity (Wildman–Crippen MR) is 89.7 cm³/mol. The average Bonchev–Trinajstić information content (AvgIpc) is 3.03. The Kier molecular flexibility index (Phi) is 5.13. The van der Waals surface area contributed by atoms with Gasteiger partial charge in [-0.15, -0.1) is 0 Å². The zero-order chi connectivity index (χ0) is 18.7. The highest BCUT2D eigenvalue weighted by Crippen LogP contribution is 2.36. The molecule has 0 radical (unpaired) electrons. The fraction of sp³-hybridized carbons (Fsp3) is 0.235. The number of ether oxygens (including phenoxy) is 2. The van der Waals surface area contributed by atoms with Crippen LogP contribution in [0.4, 0.5) is 23.7 Å². The van der Waals surface area contributed by atoms with Crippen molar-refractivity contribution in [2.75, 3.05) is 18.7 Å². The van der Waals surface area contributed by atoms with Crippen molar-refractivity contribution < 1.29 is 27.4 Å². The summed E-state index contributed by atoms with van der Waals surface area (Å²) in [5, 5.41) is 4.65. The Morgan fingerprint density at radius 1 is 1.12 bits per heavy atom. The number of fused-ring (bicyclic) bond motifs is 1. The van der Waals surface area contributed by atoms with Crippen molar-refractivity contribution in [2.24, 2.45) is 0 Å². The molecule has 138 valence electrons. The summed E-state index contributed by atoms with van der Waals surface area (Å²) in [6.45, 7) is 0.405. The van der Waals surface area contributed by atoms with Gasteiger partial charge in [0.05, 0.1) is 11.3 Å². The van der Waals surface area contributed by atoms with Gasteiger partial charge in [0, 0.05) is 11.6 Å². The van der Waals surface area contributed by atoms with Crippen molar-refractivity contribution in [3.05, 3.63) is 52.5 Å². The Morgan fingerprint density at radius 3 is 2.65 bits per heavy atom. The predicted octanol–water partition coefficient (Wildman–Crippen LogP) is 4.45. The molecule has 1 heterocycles. The van der Waals surface area contributed by atoms with E-state index in [2.05, 4.69) is 10.6 Å². The molecule has 0 saturated heterocycles. The van der Waals surface area contributed by atoms with E-state index in [1.807, 2.05) is 6.07 Å². The summed E-state index contributed by atoms with van der Waals surface area (Å²) in [4.78, 5) is 11.9. The summed E-state index contributed by atoms with van der Waals surface area (Å²) in [6.07, 6.45) is -4.14. The van der Waals surface area contributed by atoms with E-state index < -0.39 is 17.8 Å². The number of hydrogen-bond acceptors (Lipinski definition) is 3. The van der Waals surface area contributed by atoms with Crippen LogP contribution in [0.1, 0.15) is 11.1 Å². The molecule has 26 heavy (non-hydrogen) atoms. The number of anilines is 1. The van der Waals surface area contributed by atoms with Gasteiger partial charge >= 0.3 is 12.2 Å². The van der Waals surface area contributed by atoms with Gasteiger partial charge in [-0.3, -0.25) is 0 Å². The molecule has 3 rings (SSSR count). The number of amides is 2. The first kappa shape index (κ1) is 18.2. The first-order chi connectivity index (χ1) is 12.3. The van der Waals surface area contributed by atoms with Crippen molar-refractivity contribution in [1.29, 1.82) is 0 Å². The fourth-order valence-corrected chi connectivity index (χ4v) is 2.62. The Labute approximate surface area is 152 Å². The molecular weight excluding hydrogens is 373 g/mol. The van der Waals surface area contributed by atoms with E-state index in [1.54, 1.807) is 12.1 Å². The summed E-state index contributed by atoms with van der Waals surface area (Å²) in [7, 11) is 0. The molecule has 2 aromatic rings. The standard InChI is InChI=1S/C17H14ClF3N2O3/c18-11-2-3-13(12(8-11)17(19,20)21)23-16(24)22-6-5-10-1-4-14-15(7-10)26-9-25-14/h1-4,7-8H,5-6,9H2,(H2,22,23,24). The number of benzene rings is 2. The summed E-state index contributed by atoms with van der Waals surface area (Å²) < 4.78 is 49.5. The van der Waals surface area contributed by atoms with Crippen molar-refractivity contribution in [1.82, 2.24) is 5.32 Å². The van der Waals surface area contributed by atoms with Crippen molar-refractivity contribution in [3.8, 4) is 11.5 Å². The zero-order valence-electron chi connectivity index (χ0n) is 13.3. The molecule has 5 nitrogen and oxygen atoms in total. The van der Waals surface area contributed by atoms with Crippen molar-refractivity contribution >= 4 is 23.3 Å². The molecule has 1 aliphatic heterocycles. The maximum Gasteiger partial charge on any atom is 0.418 e. The largest absolute Gasteiger partial charge is 0.454 e. The molecule has 0 fully saturated rings. The SMILES string of the molecule is O=C(NCCc1ccc2c(c1)OCO2)Nc1ccc(Cl)cc1C(F)(F)F. The van der Waals surface area contributed by atoms with Crippen LogP contribution < -0.4 is 20.1 Å². The van der Waals surface area contributed by atoms with Crippen LogP contribution in [0.3, 0.4) is 0 Å². The smallest absolute Gasteiger partial charge is 0.418 e. The Balaban J connectivity index is 1.56. The van der Waals surface area contributed by atoms with Gasteiger partial charge in [0.15, 0.2) is 11.5 Å². The number of carbonyl (C=O) groups excluding carboxylic acids is 1. The Hall–Kier alpha value is -2.61. The molecule has 2 N–H and O–H groups in total. The molecular formula is C17H14ClF3N2O3. The third-order valence-electron chi connectivity index (χ3n) is 3.67. The first-order valence-electron chi connectivity index (χ1n) is 7.63. The van der Waals surface area contributed by atoms with Crippen LogP contribution in [-0.4, -0.2) is 19.4 Å². The molecule has 0 aromatic heterocycles. The van der Waals surface area contributed by atoms with Gasteiger partial charge in [-0.05, 0) is 42.3 Å². The van der Waals surface area contributed by atoms with Gasteiger partial charge in [0.2, 0.25) is 6.79 Å². The molecule has 0 bridgehead atoms. The number of alkyl halides is 3. The lowest BCUT2D eigenvalue weighted by Gasteiger charge is -2.14. The summed E-state index contributed by atoms with van der Waals surface area (Å²) in [5.74, 6) is 1.28. The lowest BCUT2D eigenvalue weighted by molar-refractivity contribution is -0.136. The molecule has 0 unspecified atom stereocenters.